The smallest absolute Gasteiger partial charge is 0.152 e. The lowest BCUT2D eigenvalue weighted by atomic mass is 10.1. The second kappa shape index (κ2) is 3.16. The van der Waals surface area contributed by atoms with Crippen molar-refractivity contribution >= 4 is 10.9 Å². The Morgan fingerprint density at radius 1 is 1.38 bits per heavy atom. The molecule has 0 fully saturated rings. The number of aromatic amines is 1. The largest absolute Gasteiger partial charge is 0.345 e. The summed E-state index contributed by atoms with van der Waals surface area (Å²) >= 11 is 0. The summed E-state index contributed by atoms with van der Waals surface area (Å²) in [5.74, 6) is 0.328. The number of hydrogen-bond acceptors (Lipinski definition) is 2. The van der Waals surface area contributed by atoms with Crippen molar-refractivity contribution in [3.63, 3.8) is 0 Å². The van der Waals surface area contributed by atoms with Gasteiger partial charge in [0.15, 0.2) is 5.82 Å². The van der Waals surface area contributed by atoms with Gasteiger partial charge in [0.2, 0.25) is 0 Å². The summed E-state index contributed by atoms with van der Waals surface area (Å²) in [6.07, 6.45) is 5.13. The predicted octanol–water partition coefficient (Wildman–Crippen LogP) is 2.10. The first-order valence-corrected chi connectivity index (χ1v) is 4.87. The van der Waals surface area contributed by atoms with Gasteiger partial charge in [-0.1, -0.05) is 0 Å². The van der Waals surface area contributed by atoms with Crippen LogP contribution in [0, 0.1) is 5.82 Å². The number of H-pyrrole nitrogens is 1. The van der Waals surface area contributed by atoms with E-state index < -0.39 is 0 Å². The molecule has 0 spiro atoms. The molecular weight excluding hydrogens is 207 g/mol. The molecule has 16 heavy (non-hydrogen) atoms. The van der Waals surface area contributed by atoms with Crippen LogP contribution in [0.25, 0.3) is 22.3 Å². The van der Waals surface area contributed by atoms with Gasteiger partial charge in [0.25, 0.3) is 0 Å². The number of benzene rings is 1. The van der Waals surface area contributed by atoms with Gasteiger partial charge in [0.1, 0.15) is 11.3 Å². The van der Waals surface area contributed by atoms with Gasteiger partial charge in [-0.2, -0.15) is 5.10 Å². The maximum absolute atomic E-state index is 13.7. The number of halogens is 1. The number of nitrogens with one attached hydrogen (secondary N) is 1. The Morgan fingerprint density at radius 2 is 2.25 bits per heavy atom. The SMILES string of the molecule is Cn1cc2cc(-c3ncc[nH]3)cc(F)c2n1. The zero-order valence-electron chi connectivity index (χ0n) is 8.61. The summed E-state index contributed by atoms with van der Waals surface area (Å²) in [5, 5.41) is 4.82. The Balaban J connectivity index is 2.28. The Kier molecular flexibility index (Phi) is 1.80. The maximum atomic E-state index is 13.7. The Morgan fingerprint density at radius 3 is 3.00 bits per heavy atom. The number of nitrogens with zero attached hydrogens (tertiary/aromatic N) is 3. The topological polar surface area (TPSA) is 46.5 Å². The van der Waals surface area contributed by atoms with Gasteiger partial charge < -0.3 is 4.98 Å². The molecule has 0 bridgehead atoms. The van der Waals surface area contributed by atoms with Crippen LogP contribution in [0.5, 0.6) is 0 Å². The van der Waals surface area contributed by atoms with Crippen LogP contribution in [0.2, 0.25) is 0 Å². The zero-order valence-corrected chi connectivity index (χ0v) is 8.61. The number of hydrogen-bond donors (Lipinski definition) is 1. The molecule has 0 atom stereocenters. The van der Waals surface area contributed by atoms with Crippen LogP contribution in [0.15, 0.2) is 30.7 Å². The van der Waals surface area contributed by atoms with Crippen LogP contribution >= 0.6 is 0 Å². The van der Waals surface area contributed by atoms with Crippen molar-refractivity contribution in [2.45, 2.75) is 0 Å². The molecule has 0 saturated carbocycles. The van der Waals surface area contributed by atoms with Crippen LogP contribution in [-0.2, 0) is 7.05 Å². The predicted molar refractivity (Wildman–Crippen MR) is 58.3 cm³/mol. The van der Waals surface area contributed by atoms with Gasteiger partial charge in [0, 0.05) is 36.6 Å². The summed E-state index contributed by atoms with van der Waals surface area (Å²) in [6, 6.07) is 3.30. The van der Waals surface area contributed by atoms with Crippen LogP contribution < -0.4 is 0 Å². The molecule has 0 aliphatic heterocycles. The van der Waals surface area contributed by atoms with Crippen molar-refractivity contribution in [3.8, 4) is 11.4 Å². The molecule has 80 valence electrons. The van der Waals surface area contributed by atoms with E-state index in [0.717, 1.165) is 10.9 Å². The van der Waals surface area contributed by atoms with Crippen molar-refractivity contribution in [3.05, 3.63) is 36.5 Å². The van der Waals surface area contributed by atoms with E-state index in [1.807, 2.05) is 6.07 Å². The fourth-order valence-corrected chi connectivity index (χ4v) is 1.77. The van der Waals surface area contributed by atoms with Gasteiger partial charge in [0.05, 0.1) is 0 Å². The van der Waals surface area contributed by atoms with Gasteiger partial charge in [-0.25, -0.2) is 9.37 Å². The van der Waals surface area contributed by atoms with E-state index in [1.54, 1.807) is 30.3 Å². The fourth-order valence-electron chi connectivity index (χ4n) is 1.77. The molecular formula is C11H9FN4. The monoisotopic (exact) mass is 216 g/mol. The first-order chi connectivity index (χ1) is 7.74. The molecule has 5 heteroatoms. The first kappa shape index (κ1) is 9.08. The number of fused-ring (bicyclic) bond motifs is 1. The number of aryl methyl sites for hydroxylation is 1. The highest BCUT2D eigenvalue weighted by molar-refractivity contribution is 5.83. The third-order valence-corrected chi connectivity index (χ3v) is 2.45. The molecule has 0 radical (unpaired) electrons. The molecule has 0 aliphatic rings. The summed E-state index contributed by atoms with van der Waals surface area (Å²) in [6.45, 7) is 0. The summed E-state index contributed by atoms with van der Waals surface area (Å²) in [4.78, 5) is 7.04. The number of aromatic nitrogens is 4. The summed E-state index contributed by atoms with van der Waals surface area (Å²) < 4.78 is 15.3. The molecule has 4 nitrogen and oxygen atoms in total. The first-order valence-electron chi connectivity index (χ1n) is 4.87. The van der Waals surface area contributed by atoms with E-state index in [9.17, 15) is 4.39 Å². The highest BCUT2D eigenvalue weighted by Gasteiger charge is 2.09. The Bertz CT molecular complexity index is 639. The molecule has 3 rings (SSSR count). The molecule has 3 aromatic rings. The quantitative estimate of drug-likeness (QED) is 0.677. The van der Waals surface area contributed by atoms with Crippen molar-refractivity contribution in [2.24, 2.45) is 7.05 Å². The van der Waals surface area contributed by atoms with E-state index in [4.69, 9.17) is 0 Å². The highest BCUT2D eigenvalue weighted by Crippen LogP contribution is 2.23. The molecule has 0 unspecified atom stereocenters. The lowest BCUT2D eigenvalue weighted by Gasteiger charge is -1.97. The zero-order chi connectivity index (χ0) is 11.1. The average molecular weight is 216 g/mol. The standard InChI is InChI=1S/C11H9FN4/c1-16-6-8-4-7(11-13-2-3-14-11)5-9(12)10(8)15-16/h2-6H,1H3,(H,13,14). The molecule has 2 aromatic heterocycles. The minimum absolute atomic E-state index is 0.329. The van der Waals surface area contributed by atoms with Crippen LogP contribution in [0.4, 0.5) is 4.39 Å². The Hall–Kier alpha value is -2.17. The highest BCUT2D eigenvalue weighted by atomic mass is 19.1. The normalized spacial score (nSPS) is 11.1. The lowest BCUT2D eigenvalue weighted by Crippen LogP contribution is -1.87. The van der Waals surface area contributed by atoms with Crippen LogP contribution in [0.1, 0.15) is 0 Å². The van der Waals surface area contributed by atoms with E-state index in [1.165, 1.54) is 6.07 Å². The third-order valence-electron chi connectivity index (χ3n) is 2.45. The van der Waals surface area contributed by atoms with Gasteiger partial charge in [-0.15, -0.1) is 0 Å². The average Bonchev–Trinajstić information content (AvgIpc) is 2.84. The van der Waals surface area contributed by atoms with Crippen LogP contribution in [-0.4, -0.2) is 19.7 Å². The van der Waals surface area contributed by atoms with Crippen molar-refractivity contribution in [1.29, 1.82) is 0 Å². The summed E-state index contributed by atoms with van der Waals surface area (Å²) in [5.41, 5.74) is 1.11. The molecule has 0 aliphatic carbocycles. The fraction of sp³-hybridized carbons (Fsp3) is 0.0909. The minimum atomic E-state index is -0.329. The lowest BCUT2D eigenvalue weighted by molar-refractivity contribution is 0.632. The maximum Gasteiger partial charge on any atom is 0.152 e. The minimum Gasteiger partial charge on any atom is -0.345 e. The van der Waals surface area contributed by atoms with Gasteiger partial charge in [-0.05, 0) is 12.1 Å². The van der Waals surface area contributed by atoms with Gasteiger partial charge >= 0.3 is 0 Å². The number of rotatable bonds is 1. The molecule has 1 N–H and O–H groups in total. The second-order valence-electron chi connectivity index (χ2n) is 3.64. The van der Waals surface area contributed by atoms with Crippen molar-refractivity contribution in [1.82, 2.24) is 19.7 Å². The van der Waals surface area contributed by atoms with Crippen LogP contribution in [0.3, 0.4) is 0 Å². The van der Waals surface area contributed by atoms with Gasteiger partial charge in [-0.3, -0.25) is 4.68 Å². The summed E-state index contributed by atoms with van der Waals surface area (Å²) in [7, 11) is 1.77. The van der Waals surface area contributed by atoms with E-state index in [2.05, 4.69) is 15.1 Å². The van der Waals surface area contributed by atoms with Crippen molar-refractivity contribution in [2.75, 3.05) is 0 Å². The molecule has 2 heterocycles. The number of imidazole rings is 1. The van der Waals surface area contributed by atoms with E-state index in [-0.39, 0.29) is 5.82 Å². The third kappa shape index (κ3) is 1.29. The second-order valence-corrected chi connectivity index (χ2v) is 3.64. The van der Waals surface area contributed by atoms with Crippen molar-refractivity contribution < 1.29 is 4.39 Å². The molecule has 0 amide bonds. The molecule has 0 saturated heterocycles. The van der Waals surface area contributed by atoms with E-state index in [0.29, 0.717) is 11.3 Å². The molecule has 1 aromatic carbocycles. The van der Waals surface area contributed by atoms with E-state index >= 15 is 0 Å². The Labute approximate surface area is 90.7 Å².